The maximum atomic E-state index is 12.0. The summed E-state index contributed by atoms with van der Waals surface area (Å²) in [7, 11) is 0. The topological polar surface area (TPSA) is 49.8 Å². The van der Waals surface area contributed by atoms with Gasteiger partial charge in [0.15, 0.2) is 0 Å². The van der Waals surface area contributed by atoms with Crippen molar-refractivity contribution in [2.24, 2.45) is 0 Å². The molecule has 4 nitrogen and oxygen atoms in total. The van der Waals surface area contributed by atoms with Crippen LogP contribution in [0.5, 0.6) is 0 Å². The summed E-state index contributed by atoms with van der Waals surface area (Å²) >= 11 is 0. The van der Waals surface area contributed by atoms with Crippen LogP contribution in [0.2, 0.25) is 0 Å². The minimum Gasteiger partial charge on any atom is -0.444 e. The molecule has 1 aliphatic rings. The number of nitrogens with zero attached hydrogens (tertiary/aromatic N) is 1. The van der Waals surface area contributed by atoms with Crippen LogP contribution in [0.3, 0.4) is 0 Å². The molecule has 0 saturated carbocycles. The summed E-state index contributed by atoms with van der Waals surface area (Å²) in [6.45, 7) is 9.94. The number of aliphatic hydroxyl groups is 1. The van der Waals surface area contributed by atoms with Crippen molar-refractivity contribution in [1.29, 1.82) is 0 Å². The third-order valence-electron chi connectivity index (χ3n) is 2.98. The molecule has 1 heterocycles. The quantitative estimate of drug-likeness (QED) is 0.692. The van der Waals surface area contributed by atoms with E-state index in [0.29, 0.717) is 6.54 Å². The monoisotopic (exact) mass is 229 g/mol. The van der Waals surface area contributed by atoms with E-state index in [1.54, 1.807) is 4.90 Å². The number of ether oxygens (including phenoxy) is 1. The van der Waals surface area contributed by atoms with Crippen LogP contribution in [0.4, 0.5) is 4.79 Å². The normalized spacial score (nSPS) is 25.4. The second-order valence-corrected chi connectivity index (χ2v) is 5.94. The van der Waals surface area contributed by atoms with E-state index in [-0.39, 0.29) is 6.09 Å². The molecule has 1 aliphatic heterocycles. The van der Waals surface area contributed by atoms with Gasteiger partial charge < -0.3 is 14.7 Å². The van der Waals surface area contributed by atoms with E-state index in [4.69, 9.17) is 4.74 Å². The van der Waals surface area contributed by atoms with Crippen molar-refractivity contribution in [1.82, 2.24) is 4.90 Å². The van der Waals surface area contributed by atoms with Crippen LogP contribution in [-0.2, 0) is 4.74 Å². The van der Waals surface area contributed by atoms with Gasteiger partial charge in [0.1, 0.15) is 5.60 Å². The molecule has 0 radical (unpaired) electrons. The molecule has 0 aliphatic carbocycles. The third kappa shape index (κ3) is 2.88. The minimum absolute atomic E-state index is 0.337. The molecule has 16 heavy (non-hydrogen) atoms. The summed E-state index contributed by atoms with van der Waals surface area (Å²) in [6.07, 6.45) is 0.751. The van der Waals surface area contributed by atoms with Gasteiger partial charge in [0.25, 0.3) is 0 Å². The van der Waals surface area contributed by atoms with Crippen molar-refractivity contribution in [3.05, 3.63) is 0 Å². The standard InChI is InChI=1S/C12H23NO3/c1-11(2,3)16-10(15)13-8-6-7-9(14)12(13,4)5/h9,14H,6-8H2,1-5H3. The lowest BCUT2D eigenvalue weighted by Gasteiger charge is -2.45. The Morgan fingerprint density at radius 3 is 2.50 bits per heavy atom. The number of aliphatic hydroxyl groups excluding tert-OH is 1. The molecule has 0 spiro atoms. The molecule has 4 heteroatoms. The summed E-state index contributed by atoms with van der Waals surface area (Å²) in [6, 6.07) is 0. The van der Waals surface area contributed by atoms with Gasteiger partial charge >= 0.3 is 6.09 Å². The number of hydrogen-bond acceptors (Lipinski definition) is 3. The first-order valence-electron chi connectivity index (χ1n) is 5.83. The molecule has 1 atom stereocenters. The van der Waals surface area contributed by atoms with Gasteiger partial charge in [-0.2, -0.15) is 0 Å². The highest BCUT2D eigenvalue weighted by Gasteiger charge is 2.41. The van der Waals surface area contributed by atoms with Crippen molar-refractivity contribution in [2.45, 2.75) is 64.7 Å². The van der Waals surface area contributed by atoms with Gasteiger partial charge in [0, 0.05) is 6.54 Å². The smallest absolute Gasteiger partial charge is 0.410 e. The second kappa shape index (κ2) is 4.24. The summed E-state index contributed by atoms with van der Waals surface area (Å²) < 4.78 is 5.34. The van der Waals surface area contributed by atoms with Crippen LogP contribution in [0.15, 0.2) is 0 Å². The number of hydrogen-bond donors (Lipinski definition) is 1. The lowest BCUT2D eigenvalue weighted by atomic mass is 9.88. The summed E-state index contributed by atoms with van der Waals surface area (Å²) in [5, 5.41) is 9.91. The highest BCUT2D eigenvalue weighted by atomic mass is 16.6. The van der Waals surface area contributed by atoms with Crippen molar-refractivity contribution >= 4 is 6.09 Å². The predicted octanol–water partition coefficient (Wildman–Crippen LogP) is 2.16. The van der Waals surface area contributed by atoms with Crippen molar-refractivity contribution in [3.63, 3.8) is 0 Å². The lowest BCUT2D eigenvalue weighted by Crippen LogP contribution is -2.59. The third-order valence-corrected chi connectivity index (χ3v) is 2.98. The van der Waals surface area contributed by atoms with Gasteiger partial charge in [-0.1, -0.05) is 0 Å². The molecule has 94 valence electrons. The summed E-state index contributed by atoms with van der Waals surface area (Å²) in [5.74, 6) is 0. The minimum atomic E-state index is -0.541. The van der Waals surface area contributed by atoms with Gasteiger partial charge in [-0.15, -0.1) is 0 Å². The fraction of sp³-hybridized carbons (Fsp3) is 0.917. The first-order chi connectivity index (χ1) is 7.14. The first kappa shape index (κ1) is 13.3. The number of carbonyl (C=O) groups excluding carboxylic acids is 1. The number of piperidine rings is 1. The molecule has 0 bridgehead atoms. The molecule has 1 unspecified atom stereocenters. The van der Waals surface area contributed by atoms with Crippen LogP contribution in [0, 0.1) is 0 Å². The van der Waals surface area contributed by atoms with E-state index in [1.165, 1.54) is 0 Å². The molecule has 0 aromatic heterocycles. The zero-order chi connectivity index (χ0) is 12.6. The Kier molecular flexibility index (Phi) is 3.53. The molecule has 0 aromatic rings. The molecular formula is C12H23NO3. The van der Waals surface area contributed by atoms with E-state index < -0.39 is 17.2 Å². The maximum Gasteiger partial charge on any atom is 0.410 e. The Bertz CT molecular complexity index is 268. The summed E-state index contributed by atoms with van der Waals surface area (Å²) in [4.78, 5) is 13.6. The van der Waals surface area contributed by atoms with Gasteiger partial charge in [-0.25, -0.2) is 4.79 Å². The van der Waals surface area contributed by atoms with Gasteiger partial charge in [0.2, 0.25) is 0 Å². The zero-order valence-electron chi connectivity index (χ0n) is 10.9. The van der Waals surface area contributed by atoms with Crippen LogP contribution in [0.25, 0.3) is 0 Å². The van der Waals surface area contributed by atoms with Crippen molar-refractivity contribution < 1.29 is 14.6 Å². The number of rotatable bonds is 0. The van der Waals surface area contributed by atoms with E-state index in [1.807, 2.05) is 34.6 Å². The Morgan fingerprint density at radius 2 is 2.00 bits per heavy atom. The highest BCUT2D eigenvalue weighted by Crippen LogP contribution is 2.29. The lowest BCUT2D eigenvalue weighted by molar-refractivity contribution is -0.0567. The molecule has 1 rings (SSSR count). The predicted molar refractivity (Wildman–Crippen MR) is 62.3 cm³/mol. The number of likely N-dealkylation sites (tertiary alicyclic amines) is 1. The van der Waals surface area contributed by atoms with Crippen LogP contribution < -0.4 is 0 Å². The van der Waals surface area contributed by atoms with Crippen LogP contribution >= 0.6 is 0 Å². The molecule has 1 N–H and O–H groups in total. The van der Waals surface area contributed by atoms with Crippen molar-refractivity contribution in [3.8, 4) is 0 Å². The van der Waals surface area contributed by atoms with E-state index in [2.05, 4.69) is 0 Å². The first-order valence-corrected chi connectivity index (χ1v) is 5.83. The Hall–Kier alpha value is -0.770. The van der Waals surface area contributed by atoms with Crippen molar-refractivity contribution in [2.75, 3.05) is 6.54 Å². The van der Waals surface area contributed by atoms with Gasteiger partial charge in [0.05, 0.1) is 11.6 Å². The Morgan fingerprint density at radius 1 is 1.44 bits per heavy atom. The molecule has 0 aromatic carbocycles. The highest BCUT2D eigenvalue weighted by molar-refractivity contribution is 5.69. The molecule has 1 saturated heterocycles. The summed E-state index contributed by atoms with van der Waals surface area (Å²) in [5.41, 5.74) is -1.03. The van der Waals surface area contributed by atoms with E-state index in [0.717, 1.165) is 12.8 Å². The fourth-order valence-corrected chi connectivity index (χ4v) is 1.91. The average molecular weight is 229 g/mol. The van der Waals surface area contributed by atoms with Crippen LogP contribution in [0.1, 0.15) is 47.5 Å². The number of carbonyl (C=O) groups is 1. The zero-order valence-corrected chi connectivity index (χ0v) is 10.9. The second-order valence-electron chi connectivity index (χ2n) is 5.94. The average Bonchev–Trinajstić information content (AvgIpc) is 2.06. The SMILES string of the molecule is CC(C)(C)OC(=O)N1CCCC(O)C1(C)C. The van der Waals surface area contributed by atoms with E-state index >= 15 is 0 Å². The van der Waals surface area contributed by atoms with E-state index in [9.17, 15) is 9.90 Å². The largest absolute Gasteiger partial charge is 0.444 e. The van der Waals surface area contributed by atoms with Gasteiger partial charge in [-0.3, -0.25) is 0 Å². The molecule has 1 amide bonds. The maximum absolute atomic E-state index is 12.0. The Balaban J connectivity index is 2.75. The van der Waals surface area contributed by atoms with Gasteiger partial charge in [-0.05, 0) is 47.5 Å². The Labute approximate surface area is 97.6 Å². The fourth-order valence-electron chi connectivity index (χ4n) is 1.91. The molecule has 1 fully saturated rings. The molecular weight excluding hydrogens is 206 g/mol. The number of amides is 1. The van der Waals surface area contributed by atoms with Crippen LogP contribution in [-0.4, -0.2) is 39.9 Å².